The molecule has 0 aliphatic rings. The smallest absolute Gasteiger partial charge is 0.309 e. The zero-order chi connectivity index (χ0) is 31.7. The van der Waals surface area contributed by atoms with Crippen LogP contribution in [0.2, 0.25) is 0 Å². The van der Waals surface area contributed by atoms with E-state index in [0.717, 1.165) is 53.2 Å². The Balaban J connectivity index is 1.15. The van der Waals surface area contributed by atoms with Gasteiger partial charge in [0.25, 0.3) is 0 Å². The van der Waals surface area contributed by atoms with Crippen molar-refractivity contribution in [3.05, 3.63) is 119 Å². The molecule has 0 radical (unpaired) electrons. The van der Waals surface area contributed by atoms with Gasteiger partial charge in [0.15, 0.2) is 0 Å². The highest BCUT2D eigenvalue weighted by Gasteiger charge is 2.34. The van der Waals surface area contributed by atoms with E-state index in [1.54, 1.807) is 6.20 Å². The van der Waals surface area contributed by atoms with E-state index >= 15 is 0 Å². The van der Waals surface area contributed by atoms with E-state index in [4.69, 9.17) is 14.5 Å². The summed E-state index contributed by atoms with van der Waals surface area (Å²) in [5.74, 6) is 0.147. The molecule has 236 valence electrons. The molecule has 7 heteroatoms. The molecule has 0 aliphatic carbocycles. The lowest BCUT2D eigenvalue weighted by Crippen LogP contribution is -2.31. The molecular weight excluding hydrogens is 562 g/mol. The minimum Gasteiger partial charge on any atom is -0.489 e. The van der Waals surface area contributed by atoms with Crippen LogP contribution in [0.25, 0.3) is 12.2 Å². The molecule has 0 bridgehead atoms. The molecule has 4 aromatic rings. The number of benzene rings is 2. The van der Waals surface area contributed by atoms with Gasteiger partial charge in [-0.1, -0.05) is 56.3 Å². The number of carboxylic acids is 1. The topological polar surface area (TPSA) is 93.6 Å². The fourth-order valence-corrected chi connectivity index (χ4v) is 5.18. The molecule has 45 heavy (non-hydrogen) atoms. The third-order valence-electron chi connectivity index (χ3n) is 8.21. The normalized spacial score (nSPS) is 11.5. The molecule has 2 heterocycles. The molecule has 0 unspecified atom stereocenters. The SMILES string of the molecule is CCC(CC)(CCNc1cccc(C=Cc2cccc(COCCCCc3ccc(OCc4cccnc4)cc3)n2)c1)C(=O)O. The number of aromatic nitrogens is 2. The molecular formula is C38H45N3O4. The van der Waals surface area contributed by atoms with Gasteiger partial charge in [0.2, 0.25) is 0 Å². The lowest BCUT2D eigenvalue weighted by Gasteiger charge is -2.26. The summed E-state index contributed by atoms with van der Waals surface area (Å²) >= 11 is 0. The van der Waals surface area contributed by atoms with Crippen molar-refractivity contribution in [1.29, 1.82) is 0 Å². The molecule has 7 nitrogen and oxygen atoms in total. The van der Waals surface area contributed by atoms with Gasteiger partial charge >= 0.3 is 5.97 Å². The monoisotopic (exact) mass is 607 g/mol. The van der Waals surface area contributed by atoms with Crippen LogP contribution in [0.1, 0.15) is 74.0 Å². The number of carboxylic acid groups (broad SMARTS) is 1. The van der Waals surface area contributed by atoms with Crippen LogP contribution in [-0.2, 0) is 29.2 Å². The van der Waals surface area contributed by atoms with Crippen molar-refractivity contribution in [2.75, 3.05) is 18.5 Å². The number of rotatable bonds is 19. The number of unbranched alkanes of at least 4 members (excludes halogenated alkanes) is 1. The first-order valence-electron chi connectivity index (χ1n) is 15.9. The van der Waals surface area contributed by atoms with Crippen LogP contribution < -0.4 is 10.1 Å². The van der Waals surface area contributed by atoms with Crippen molar-refractivity contribution in [3.63, 3.8) is 0 Å². The molecule has 0 amide bonds. The average Bonchev–Trinajstić information content (AvgIpc) is 3.08. The molecule has 4 rings (SSSR count). The summed E-state index contributed by atoms with van der Waals surface area (Å²) in [7, 11) is 0. The van der Waals surface area contributed by atoms with Crippen LogP contribution in [0, 0.1) is 5.41 Å². The number of aryl methyl sites for hydroxylation is 1. The highest BCUT2D eigenvalue weighted by Crippen LogP contribution is 2.31. The number of ether oxygens (including phenoxy) is 2. The van der Waals surface area contributed by atoms with Crippen LogP contribution in [-0.4, -0.2) is 34.2 Å². The first-order valence-corrected chi connectivity index (χ1v) is 15.9. The predicted octanol–water partition coefficient (Wildman–Crippen LogP) is 8.46. The van der Waals surface area contributed by atoms with E-state index in [0.29, 0.717) is 45.6 Å². The first-order chi connectivity index (χ1) is 22.0. The molecule has 0 saturated carbocycles. The Labute approximate surface area is 267 Å². The summed E-state index contributed by atoms with van der Waals surface area (Å²) in [4.78, 5) is 20.6. The molecule has 2 aromatic carbocycles. The van der Waals surface area contributed by atoms with Gasteiger partial charge in [-0.2, -0.15) is 0 Å². The van der Waals surface area contributed by atoms with Crippen LogP contribution >= 0.6 is 0 Å². The average molecular weight is 608 g/mol. The number of anilines is 1. The molecule has 2 aromatic heterocycles. The number of nitrogens with zero attached hydrogens (tertiary/aromatic N) is 2. The third kappa shape index (κ3) is 10.9. The molecule has 2 N–H and O–H groups in total. The highest BCUT2D eigenvalue weighted by atomic mass is 16.5. The minimum atomic E-state index is -0.715. The Hall–Kier alpha value is -4.49. The van der Waals surface area contributed by atoms with Gasteiger partial charge in [-0.3, -0.25) is 14.8 Å². The van der Waals surface area contributed by atoms with Gasteiger partial charge in [0.1, 0.15) is 12.4 Å². The maximum atomic E-state index is 11.8. The van der Waals surface area contributed by atoms with Crippen molar-refractivity contribution >= 4 is 23.8 Å². The number of hydrogen-bond donors (Lipinski definition) is 2. The molecule has 0 saturated heterocycles. The van der Waals surface area contributed by atoms with Crippen LogP contribution in [0.3, 0.4) is 0 Å². The van der Waals surface area contributed by atoms with Crippen molar-refractivity contribution in [3.8, 4) is 5.75 Å². The minimum absolute atomic E-state index is 0.484. The zero-order valence-corrected chi connectivity index (χ0v) is 26.5. The summed E-state index contributed by atoms with van der Waals surface area (Å²) in [6, 6.07) is 26.3. The Morgan fingerprint density at radius 3 is 2.49 bits per heavy atom. The number of pyridine rings is 2. The lowest BCUT2D eigenvalue weighted by molar-refractivity contribution is -0.149. The van der Waals surface area contributed by atoms with E-state index < -0.39 is 11.4 Å². The van der Waals surface area contributed by atoms with E-state index in [9.17, 15) is 9.90 Å². The second-order valence-corrected chi connectivity index (χ2v) is 11.3. The van der Waals surface area contributed by atoms with Crippen molar-refractivity contribution in [2.24, 2.45) is 5.41 Å². The van der Waals surface area contributed by atoms with Crippen molar-refractivity contribution < 1.29 is 19.4 Å². The van der Waals surface area contributed by atoms with Crippen LogP contribution in [0.5, 0.6) is 5.75 Å². The fourth-order valence-electron chi connectivity index (χ4n) is 5.18. The highest BCUT2D eigenvalue weighted by molar-refractivity contribution is 5.74. The quantitative estimate of drug-likeness (QED) is 0.103. The van der Waals surface area contributed by atoms with Crippen molar-refractivity contribution in [1.82, 2.24) is 9.97 Å². The molecule has 0 aliphatic heterocycles. The summed E-state index contributed by atoms with van der Waals surface area (Å²) in [6.45, 7) is 6.20. The second-order valence-electron chi connectivity index (χ2n) is 11.3. The third-order valence-corrected chi connectivity index (χ3v) is 8.21. The van der Waals surface area contributed by atoms with Crippen LogP contribution in [0.15, 0.2) is 91.3 Å². The zero-order valence-electron chi connectivity index (χ0n) is 26.5. The predicted molar refractivity (Wildman–Crippen MR) is 181 cm³/mol. The van der Waals surface area contributed by atoms with E-state index in [-0.39, 0.29) is 0 Å². The Kier molecular flexibility index (Phi) is 13.2. The van der Waals surface area contributed by atoms with Gasteiger partial charge in [0.05, 0.1) is 23.4 Å². The van der Waals surface area contributed by atoms with Gasteiger partial charge in [-0.25, -0.2) is 0 Å². The maximum Gasteiger partial charge on any atom is 0.309 e. The maximum absolute atomic E-state index is 11.8. The van der Waals surface area contributed by atoms with Gasteiger partial charge in [-0.15, -0.1) is 0 Å². The molecule has 0 spiro atoms. The van der Waals surface area contributed by atoms with Crippen LogP contribution in [0.4, 0.5) is 5.69 Å². The first kappa shape index (κ1) is 33.4. The molecule has 0 atom stereocenters. The molecule has 0 fully saturated rings. The van der Waals surface area contributed by atoms with Gasteiger partial charge in [-0.05, 0) is 98.2 Å². The second kappa shape index (κ2) is 17.7. The summed E-state index contributed by atoms with van der Waals surface area (Å²) in [5, 5.41) is 13.1. The Morgan fingerprint density at radius 2 is 1.73 bits per heavy atom. The number of carbonyl (C=O) groups is 1. The van der Waals surface area contributed by atoms with Gasteiger partial charge in [0, 0.05) is 36.8 Å². The van der Waals surface area contributed by atoms with Crippen molar-refractivity contribution in [2.45, 2.75) is 65.6 Å². The number of hydrogen-bond acceptors (Lipinski definition) is 6. The van der Waals surface area contributed by atoms with E-state index in [1.807, 2.05) is 92.9 Å². The van der Waals surface area contributed by atoms with E-state index in [1.165, 1.54) is 5.56 Å². The fraction of sp³-hybridized carbons (Fsp3) is 0.342. The lowest BCUT2D eigenvalue weighted by atomic mass is 9.79. The van der Waals surface area contributed by atoms with Gasteiger partial charge < -0.3 is 19.9 Å². The number of aliphatic carboxylic acids is 1. The summed E-state index contributed by atoms with van der Waals surface area (Å²) in [6.07, 6.45) is 12.5. The standard InChI is InChI=1S/C38H45N3O4/c1-3-38(4-2,37(42)43)22-24-40-34-14-7-11-31(26-34)16-19-33-13-8-15-35(41-33)29-44-25-6-5-10-30-17-20-36(21-18-30)45-28-32-12-9-23-39-27-32/h7-9,11-21,23,26-27,40H,3-6,10,22,24-25,28-29H2,1-2H3,(H,42,43). The summed E-state index contributed by atoms with van der Waals surface area (Å²) in [5.41, 5.74) is 5.47. The van der Waals surface area contributed by atoms with E-state index in [2.05, 4.69) is 28.5 Å². The Bertz CT molecular complexity index is 1480. The Morgan fingerprint density at radius 1 is 0.911 bits per heavy atom. The summed E-state index contributed by atoms with van der Waals surface area (Å²) < 4.78 is 11.8. The largest absolute Gasteiger partial charge is 0.489 e. The number of nitrogens with one attached hydrogen (secondary N) is 1.